The van der Waals surface area contributed by atoms with Gasteiger partial charge in [0, 0.05) is 5.10 Å². The van der Waals surface area contributed by atoms with E-state index in [1.165, 1.54) is 30.4 Å². The highest BCUT2D eigenvalue weighted by Gasteiger charge is 2.05. The van der Waals surface area contributed by atoms with E-state index in [-0.39, 0.29) is 0 Å². The molecule has 0 aliphatic heterocycles. The minimum Gasteiger partial charge on any atom is -0.233 e. The summed E-state index contributed by atoms with van der Waals surface area (Å²) in [5, 5.41) is 4.39. The normalized spacial score (nSPS) is 10.8. The second-order valence-corrected chi connectivity index (χ2v) is 4.88. The molecule has 0 unspecified atom stereocenters. The number of aromatic nitrogens is 3. The zero-order valence-electron chi connectivity index (χ0n) is 11.3. The van der Waals surface area contributed by atoms with Gasteiger partial charge in [-0.1, -0.05) is 49.6 Å². The van der Waals surface area contributed by atoms with Gasteiger partial charge < -0.3 is 0 Å². The Kier molecular flexibility index (Phi) is 4.51. The van der Waals surface area contributed by atoms with Crippen LogP contribution in [-0.4, -0.2) is 9.78 Å². The standard InChI is InChI=1S/C15H22N3/c1-3-4-5-9-18-13-17(12-16-18)11-15-8-6-7-14(2)10-15/h6-8,10,12-13H,3-5,9,11H2,1-2H3/q+1. The van der Waals surface area contributed by atoms with E-state index in [0.29, 0.717) is 0 Å². The van der Waals surface area contributed by atoms with Gasteiger partial charge in [-0.05, 0) is 18.9 Å². The predicted octanol–water partition coefficient (Wildman–Crippen LogP) is 2.72. The first-order valence-corrected chi connectivity index (χ1v) is 6.75. The molecule has 0 bridgehead atoms. The Morgan fingerprint density at radius 3 is 2.94 bits per heavy atom. The lowest BCUT2D eigenvalue weighted by Gasteiger charge is -1.99. The summed E-state index contributed by atoms with van der Waals surface area (Å²) in [6.45, 7) is 6.27. The summed E-state index contributed by atoms with van der Waals surface area (Å²) in [7, 11) is 0. The van der Waals surface area contributed by atoms with Crippen molar-refractivity contribution in [3.05, 3.63) is 48.0 Å². The van der Waals surface area contributed by atoms with E-state index in [1.54, 1.807) is 0 Å². The number of hydrogen-bond donors (Lipinski definition) is 0. The molecule has 0 saturated heterocycles. The van der Waals surface area contributed by atoms with E-state index in [9.17, 15) is 0 Å². The van der Waals surface area contributed by atoms with Crippen molar-refractivity contribution in [2.24, 2.45) is 0 Å². The summed E-state index contributed by atoms with van der Waals surface area (Å²) < 4.78 is 4.17. The molecule has 0 N–H and O–H groups in total. The van der Waals surface area contributed by atoms with Crippen molar-refractivity contribution in [1.82, 2.24) is 9.78 Å². The molecule has 1 aromatic heterocycles. The summed E-state index contributed by atoms with van der Waals surface area (Å²) in [5.41, 5.74) is 2.64. The largest absolute Gasteiger partial charge is 0.265 e. The Labute approximate surface area is 109 Å². The highest BCUT2D eigenvalue weighted by atomic mass is 15.3. The lowest BCUT2D eigenvalue weighted by Crippen LogP contribution is -2.31. The van der Waals surface area contributed by atoms with Crippen LogP contribution in [0.4, 0.5) is 0 Å². The van der Waals surface area contributed by atoms with E-state index < -0.39 is 0 Å². The molecule has 1 aromatic carbocycles. The van der Waals surface area contributed by atoms with Crippen LogP contribution in [0.5, 0.6) is 0 Å². The summed E-state index contributed by atoms with van der Waals surface area (Å²) in [4.78, 5) is 0. The first-order chi connectivity index (χ1) is 8.78. The molecule has 0 radical (unpaired) electrons. The van der Waals surface area contributed by atoms with Gasteiger partial charge in [0.05, 0.1) is 6.54 Å². The van der Waals surface area contributed by atoms with E-state index in [0.717, 1.165) is 13.1 Å². The minimum absolute atomic E-state index is 0.898. The van der Waals surface area contributed by atoms with Crippen LogP contribution in [0.25, 0.3) is 0 Å². The summed E-state index contributed by atoms with van der Waals surface area (Å²) in [6, 6.07) is 8.62. The van der Waals surface area contributed by atoms with Crippen molar-refractivity contribution in [3.8, 4) is 0 Å². The maximum Gasteiger partial charge on any atom is 0.265 e. The summed E-state index contributed by atoms with van der Waals surface area (Å²) in [6.07, 6.45) is 7.75. The molecule has 3 nitrogen and oxygen atoms in total. The molecule has 2 rings (SSSR count). The van der Waals surface area contributed by atoms with Crippen molar-refractivity contribution >= 4 is 0 Å². The molecule has 0 amide bonds. The number of hydrogen-bond acceptors (Lipinski definition) is 1. The minimum atomic E-state index is 0.898. The molecule has 0 saturated carbocycles. The first-order valence-electron chi connectivity index (χ1n) is 6.75. The maximum atomic E-state index is 4.39. The SMILES string of the molecule is CCCCCn1c[n+](Cc2cccc(C)c2)cn1. The van der Waals surface area contributed by atoms with Crippen molar-refractivity contribution < 1.29 is 4.57 Å². The van der Waals surface area contributed by atoms with Crippen LogP contribution >= 0.6 is 0 Å². The molecule has 0 spiro atoms. The molecule has 0 atom stereocenters. The molecule has 0 fully saturated rings. The lowest BCUT2D eigenvalue weighted by atomic mass is 10.1. The average Bonchev–Trinajstić information content (AvgIpc) is 2.77. The van der Waals surface area contributed by atoms with Gasteiger partial charge in [-0.3, -0.25) is 0 Å². The number of benzene rings is 1. The second kappa shape index (κ2) is 6.34. The summed E-state index contributed by atoms with van der Waals surface area (Å²) in [5.74, 6) is 0. The zero-order chi connectivity index (χ0) is 12.8. The quantitative estimate of drug-likeness (QED) is 0.565. The molecule has 96 valence electrons. The van der Waals surface area contributed by atoms with Crippen LogP contribution < -0.4 is 4.57 Å². The van der Waals surface area contributed by atoms with Crippen LogP contribution in [0.15, 0.2) is 36.9 Å². The van der Waals surface area contributed by atoms with Crippen LogP contribution in [0, 0.1) is 6.92 Å². The van der Waals surface area contributed by atoms with Gasteiger partial charge in [0.15, 0.2) is 0 Å². The monoisotopic (exact) mass is 244 g/mol. The molecule has 1 heterocycles. The van der Waals surface area contributed by atoms with Gasteiger partial charge in [0.25, 0.3) is 6.33 Å². The fourth-order valence-electron chi connectivity index (χ4n) is 2.11. The molecular weight excluding hydrogens is 222 g/mol. The van der Waals surface area contributed by atoms with Crippen molar-refractivity contribution in [2.75, 3.05) is 0 Å². The van der Waals surface area contributed by atoms with E-state index in [4.69, 9.17) is 0 Å². The van der Waals surface area contributed by atoms with Gasteiger partial charge in [-0.2, -0.15) is 0 Å². The molecule has 18 heavy (non-hydrogen) atoms. The third kappa shape index (κ3) is 3.69. The number of nitrogens with zero attached hydrogens (tertiary/aromatic N) is 3. The zero-order valence-corrected chi connectivity index (χ0v) is 11.3. The summed E-state index contributed by atoms with van der Waals surface area (Å²) >= 11 is 0. The Morgan fingerprint density at radius 2 is 2.17 bits per heavy atom. The van der Waals surface area contributed by atoms with Crippen molar-refractivity contribution in [3.63, 3.8) is 0 Å². The Morgan fingerprint density at radius 1 is 1.28 bits per heavy atom. The Bertz CT molecular complexity index is 488. The number of rotatable bonds is 6. The van der Waals surface area contributed by atoms with E-state index in [2.05, 4.69) is 54.1 Å². The van der Waals surface area contributed by atoms with Crippen LogP contribution in [0.3, 0.4) is 0 Å². The maximum absolute atomic E-state index is 4.39. The molecule has 0 aliphatic carbocycles. The smallest absolute Gasteiger partial charge is 0.233 e. The van der Waals surface area contributed by atoms with Crippen LogP contribution in [0.2, 0.25) is 0 Å². The van der Waals surface area contributed by atoms with Crippen molar-refractivity contribution in [2.45, 2.75) is 46.2 Å². The molecular formula is C15H22N3+. The topological polar surface area (TPSA) is 21.7 Å². The highest BCUT2D eigenvalue weighted by molar-refractivity contribution is 5.21. The average molecular weight is 244 g/mol. The van der Waals surface area contributed by atoms with Crippen LogP contribution in [-0.2, 0) is 13.1 Å². The Balaban J connectivity index is 1.94. The van der Waals surface area contributed by atoms with Gasteiger partial charge in [-0.15, -0.1) is 4.68 Å². The van der Waals surface area contributed by atoms with Crippen LogP contribution in [0.1, 0.15) is 37.3 Å². The van der Waals surface area contributed by atoms with E-state index in [1.807, 2.05) is 11.0 Å². The van der Waals surface area contributed by atoms with E-state index >= 15 is 0 Å². The van der Waals surface area contributed by atoms with Crippen molar-refractivity contribution in [1.29, 1.82) is 0 Å². The fraction of sp³-hybridized carbons (Fsp3) is 0.467. The third-order valence-corrected chi connectivity index (χ3v) is 3.07. The van der Waals surface area contributed by atoms with Gasteiger partial charge >= 0.3 is 0 Å². The fourth-order valence-corrected chi connectivity index (χ4v) is 2.11. The number of aryl methyl sites for hydroxylation is 2. The lowest BCUT2D eigenvalue weighted by molar-refractivity contribution is -0.689. The predicted molar refractivity (Wildman–Crippen MR) is 72.2 cm³/mol. The first kappa shape index (κ1) is 12.8. The van der Waals surface area contributed by atoms with Gasteiger partial charge in [0.2, 0.25) is 6.33 Å². The highest BCUT2D eigenvalue weighted by Crippen LogP contribution is 2.03. The Hall–Kier alpha value is -1.64. The molecule has 3 heteroatoms. The number of unbranched alkanes of at least 4 members (excludes halogenated alkanes) is 2. The van der Waals surface area contributed by atoms with Gasteiger partial charge in [0.1, 0.15) is 6.54 Å². The third-order valence-electron chi connectivity index (χ3n) is 3.07. The molecule has 2 aromatic rings. The molecule has 0 aliphatic rings. The second-order valence-electron chi connectivity index (χ2n) is 4.88. The van der Waals surface area contributed by atoms with Gasteiger partial charge in [-0.25, -0.2) is 4.57 Å².